The Labute approximate surface area is 220 Å². The minimum Gasteiger partial charge on any atom is -0.497 e. The van der Waals surface area contributed by atoms with E-state index in [1.807, 2.05) is 13.0 Å². The molecule has 6 nitrogen and oxygen atoms in total. The Morgan fingerprint density at radius 3 is 2.49 bits per heavy atom. The number of carbonyl (C=O) groups excluding carboxylic acids is 1. The molecular weight excluding hydrogens is 527 g/mol. The first-order chi connectivity index (χ1) is 16.7. The van der Waals surface area contributed by atoms with Crippen LogP contribution in [0.2, 0.25) is 10.0 Å². The molecule has 0 aliphatic rings. The van der Waals surface area contributed by atoms with Crippen molar-refractivity contribution in [3.05, 3.63) is 87.9 Å². The van der Waals surface area contributed by atoms with E-state index >= 15 is 0 Å². The fourth-order valence-corrected chi connectivity index (χ4v) is 6.02. The number of hydrogen-bond acceptors (Lipinski definition) is 5. The third kappa shape index (κ3) is 7.54. The van der Waals surface area contributed by atoms with Gasteiger partial charge in [0.2, 0.25) is 5.91 Å². The zero-order valence-corrected chi connectivity index (χ0v) is 22.5. The Bertz CT molecular complexity index is 1270. The van der Waals surface area contributed by atoms with Crippen LogP contribution in [-0.2, 0) is 20.6 Å². The SMILES string of the molecule is COc1cccc(N(CC(=O)NCCSCc2ccc(Cl)cc2Cl)S(=O)(=O)c2ccc(C)cc2)c1. The van der Waals surface area contributed by atoms with E-state index < -0.39 is 15.9 Å². The van der Waals surface area contributed by atoms with E-state index in [-0.39, 0.29) is 11.4 Å². The Balaban J connectivity index is 1.66. The number of rotatable bonds is 11. The molecule has 0 saturated carbocycles. The van der Waals surface area contributed by atoms with Crippen LogP contribution < -0.4 is 14.4 Å². The van der Waals surface area contributed by atoms with Crippen molar-refractivity contribution >= 4 is 56.6 Å². The van der Waals surface area contributed by atoms with Gasteiger partial charge >= 0.3 is 0 Å². The lowest BCUT2D eigenvalue weighted by atomic mass is 10.2. The summed E-state index contributed by atoms with van der Waals surface area (Å²) in [7, 11) is -2.48. The zero-order valence-electron chi connectivity index (χ0n) is 19.3. The number of hydrogen-bond donors (Lipinski definition) is 1. The van der Waals surface area contributed by atoms with Gasteiger partial charge in [0.05, 0.1) is 17.7 Å². The number of sulfonamides is 1. The summed E-state index contributed by atoms with van der Waals surface area (Å²) in [6.07, 6.45) is 0. The fraction of sp³-hybridized carbons (Fsp3) is 0.240. The van der Waals surface area contributed by atoms with E-state index in [9.17, 15) is 13.2 Å². The van der Waals surface area contributed by atoms with E-state index in [2.05, 4.69) is 5.32 Å². The molecule has 0 radical (unpaired) electrons. The van der Waals surface area contributed by atoms with Crippen molar-refractivity contribution in [3.63, 3.8) is 0 Å². The molecule has 0 atom stereocenters. The van der Waals surface area contributed by atoms with E-state index in [0.717, 1.165) is 15.4 Å². The molecule has 1 amide bonds. The normalized spacial score (nSPS) is 11.2. The number of benzene rings is 3. The maximum absolute atomic E-state index is 13.4. The summed E-state index contributed by atoms with van der Waals surface area (Å²) < 4.78 is 33.2. The van der Waals surface area contributed by atoms with E-state index in [1.54, 1.807) is 60.3 Å². The highest BCUT2D eigenvalue weighted by Gasteiger charge is 2.27. The molecule has 10 heteroatoms. The number of carbonyl (C=O) groups is 1. The molecule has 0 aromatic heterocycles. The summed E-state index contributed by atoms with van der Waals surface area (Å²) in [5.41, 5.74) is 2.24. The first-order valence-electron chi connectivity index (χ1n) is 10.7. The fourth-order valence-electron chi connectivity index (χ4n) is 3.19. The van der Waals surface area contributed by atoms with Gasteiger partial charge in [0.1, 0.15) is 12.3 Å². The van der Waals surface area contributed by atoms with Crippen molar-refractivity contribution in [1.29, 1.82) is 0 Å². The van der Waals surface area contributed by atoms with Crippen LogP contribution >= 0.6 is 35.0 Å². The number of nitrogens with zero attached hydrogens (tertiary/aromatic N) is 1. The summed E-state index contributed by atoms with van der Waals surface area (Å²) in [5, 5.41) is 3.98. The summed E-state index contributed by atoms with van der Waals surface area (Å²) in [4.78, 5) is 12.9. The van der Waals surface area contributed by atoms with Crippen molar-refractivity contribution in [2.75, 3.05) is 30.3 Å². The molecule has 186 valence electrons. The van der Waals surface area contributed by atoms with Crippen molar-refractivity contribution in [1.82, 2.24) is 5.32 Å². The molecule has 0 bridgehead atoms. The molecule has 0 saturated heterocycles. The Morgan fingerprint density at radius 1 is 1.06 bits per heavy atom. The van der Waals surface area contributed by atoms with Crippen molar-refractivity contribution < 1.29 is 17.9 Å². The van der Waals surface area contributed by atoms with Crippen LogP contribution in [0.15, 0.2) is 71.6 Å². The van der Waals surface area contributed by atoms with Crippen LogP contribution in [0.25, 0.3) is 0 Å². The summed E-state index contributed by atoms with van der Waals surface area (Å²) >= 11 is 13.7. The van der Waals surface area contributed by atoms with Gasteiger partial charge in [0.25, 0.3) is 10.0 Å². The molecule has 3 aromatic carbocycles. The van der Waals surface area contributed by atoms with Gasteiger partial charge in [-0.1, -0.05) is 53.0 Å². The van der Waals surface area contributed by atoms with Crippen LogP contribution in [0.1, 0.15) is 11.1 Å². The van der Waals surface area contributed by atoms with Gasteiger partial charge in [-0.2, -0.15) is 11.8 Å². The molecule has 3 rings (SSSR count). The summed E-state index contributed by atoms with van der Waals surface area (Å²) in [5.74, 6) is 1.39. The number of methoxy groups -OCH3 is 1. The quantitative estimate of drug-likeness (QED) is 0.315. The second-order valence-electron chi connectivity index (χ2n) is 7.66. The Hall–Kier alpha value is -2.39. The van der Waals surface area contributed by atoms with E-state index in [1.165, 1.54) is 19.2 Å². The molecule has 0 spiro atoms. The molecule has 35 heavy (non-hydrogen) atoms. The lowest BCUT2D eigenvalue weighted by Crippen LogP contribution is -2.41. The van der Waals surface area contributed by atoms with Crippen LogP contribution in [0.5, 0.6) is 5.75 Å². The van der Waals surface area contributed by atoms with Gasteiger partial charge in [-0.3, -0.25) is 9.10 Å². The van der Waals surface area contributed by atoms with Crippen molar-refractivity contribution in [3.8, 4) is 5.75 Å². The average molecular weight is 554 g/mol. The molecule has 0 unspecified atom stereocenters. The second kappa shape index (κ2) is 12.5. The average Bonchev–Trinajstić information content (AvgIpc) is 2.83. The number of thioether (sulfide) groups is 1. The Kier molecular flexibility index (Phi) is 9.74. The highest BCUT2D eigenvalue weighted by molar-refractivity contribution is 7.98. The molecule has 0 aliphatic carbocycles. The molecule has 3 aromatic rings. The number of ether oxygens (including phenoxy) is 1. The van der Waals surface area contributed by atoms with E-state index in [4.69, 9.17) is 27.9 Å². The predicted molar refractivity (Wildman–Crippen MR) is 144 cm³/mol. The summed E-state index contributed by atoms with van der Waals surface area (Å²) in [6.45, 7) is 1.89. The highest BCUT2D eigenvalue weighted by atomic mass is 35.5. The van der Waals surface area contributed by atoms with Gasteiger partial charge in [-0.05, 0) is 48.9 Å². The van der Waals surface area contributed by atoms with Crippen LogP contribution in [0.4, 0.5) is 5.69 Å². The topological polar surface area (TPSA) is 75.7 Å². The van der Waals surface area contributed by atoms with Crippen LogP contribution in [0.3, 0.4) is 0 Å². The largest absolute Gasteiger partial charge is 0.497 e. The Morgan fingerprint density at radius 2 is 1.80 bits per heavy atom. The molecule has 1 N–H and O–H groups in total. The lowest BCUT2D eigenvalue weighted by Gasteiger charge is -2.24. The van der Waals surface area contributed by atoms with Gasteiger partial charge in [0.15, 0.2) is 0 Å². The zero-order chi connectivity index (χ0) is 25.4. The number of nitrogens with one attached hydrogen (secondary N) is 1. The van der Waals surface area contributed by atoms with Gasteiger partial charge in [-0.15, -0.1) is 0 Å². The smallest absolute Gasteiger partial charge is 0.264 e. The van der Waals surface area contributed by atoms with Crippen molar-refractivity contribution in [2.45, 2.75) is 17.6 Å². The lowest BCUT2D eigenvalue weighted by molar-refractivity contribution is -0.119. The molecule has 0 aliphatic heterocycles. The third-order valence-electron chi connectivity index (χ3n) is 5.08. The van der Waals surface area contributed by atoms with Crippen LogP contribution in [0, 0.1) is 6.92 Å². The number of amides is 1. The molecular formula is C25H26Cl2N2O4S2. The maximum atomic E-state index is 13.4. The first-order valence-corrected chi connectivity index (χ1v) is 14.1. The molecule has 0 heterocycles. The predicted octanol–water partition coefficient (Wildman–Crippen LogP) is 5.56. The standard InChI is InChI=1S/C25H26Cl2N2O4S2/c1-18-6-10-23(11-7-18)35(31,32)29(21-4-3-5-22(15-21)33-2)16-25(30)28-12-13-34-17-19-8-9-20(26)14-24(19)27/h3-11,14-15H,12-13,16-17H2,1-2H3,(H,28,30). The third-order valence-corrected chi connectivity index (χ3v) is 8.46. The molecule has 0 fully saturated rings. The van der Waals surface area contributed by atoms with Crippen LogP contribution in [-0.4, -0.2) is 40.3 Å². The van der Waals surface area contributed by atoms with Gasteiger partial charge in [-0.25, -0.2) is 8.42 Å². The van der Waals surface area contributed by atoms with E-state index in [0.29, 0.717) is 39.5 Å². The second-order valence-corrected chi connectivity index (χ2v) is 11.5. The maximum Gasteiger partial charge on any atom is 0.264 e. The highest BCUT2D eigenvalue weighted by Crippen LogP contribution is 2.27. The van der Waals surface area contributed by atoms with Gasteiger partial charge < -0.3 is 10.1 Å². The number of halogens is 2. The van der Waals surface area contributed by atoms with Gasteiger partial charge in [0, 0.05) is 34.2 Å². The minimum absolute atomic E-state index is 0.106. The monoisotopic (exact) mass is 552 g/mol. The summed E-state index contributed by atoms with van der Waals surface area (Å²) in [6, 6.07) is 18.5. The number of aryl methyl sites for hydroxylation is 1. The minimum atomic E-state index is -3.98. The first kappa shape index (κ1) is 27.2. The van der Waals surface area contributed by atoms with Crippen molar-refractivity contribution in [2.24, 2.45) is 0 Å². The number of anilines is 1.